The van der Waals surface area contributed by atoms with Crippen LogP contribution in [0.25, 0.3) is 0 Å². The quantitative estimate of drug-likeness (QED) is 0.502. The van der Waals surface area contributed by atoms with Gasteiger partial charge in [0.15, 0.2) is 0 Å². The zero-order chi connectivity index (χ0) is 8.69. The van der Waals surface area contributed by atoms with Crippen LogP contribution in [-0.2, 0) is 9.53 Å². The Bertz CT molecular complexity index is 123. The van der Waals surface area contributed by atoms with Gasteiger partial charge >= 0.3 is 0 Å². The largest absolute Gasteiger partial charge is 0.383 e. The molecule has 0 aromatic rings. The molecule has 9 heavy (non-hydrogen) atoms. The summed E-state index contributed by atoms with van der Waals surface area (Å²) in [6.07, 6.45) is 0. The van der Waals surface area contributed by atoms with Gasteiger partial charge in [0.2, 0.25) is 5.91 Å². The molecule has 0 heterocycles. The highest BCUT2D eigenvalue weighted by Gasteiger charge is 2.10. The highest BCUT2D eigenvalue weighted by atomic mass is 16.5. The predicted octanol–water partition coefficient (Wildman–Crippen LogP) is -1.29. The van der Waals surface area contributed by atoms with Gasteiger partial charge in [-0.3, -0.25) is 4.79 Å². The SMILES string of the molecule is [2H]CN[C@@H](COC[2H])C(N)=O. The first-order valence-corrected chi connectivity index (χ1v) is 2.41. The van der Waals surface area contributed by atoms with Crippen LogP contribution in [0.2, 0.25) is 0 Å². The Labute approximate surface area is 57.2 Å². The topological polar surface area (TPSA) is 64.3 Å². The molecule has 0 aromatic carbocycles. The molecule has 0 saturated carbocycles. The van der Waals surface area contributed by atoms with Crippen molar-refractivity contribution in [1.82, 2.24) is 5.32 Å². The number of likely N-dealkylation sites (N-methyl/N-ethyl adjacent to an activating group) is 1. The lowest BCUT2D eigenvalue weighted by Crippen LogP contribution is -2.42. The average Bonchev–Trinajstić information content (AvgIpc) is 1.97. The first kappa shape index (κ1) is 5.20. The lowest BCUT2D eigenvalue weighted by Gasteiger charge is -2.09. The zero-order valence-corrected chi connectivity index (χ0v) is 5.09. The number of primary amides is 1. The van der Waals surface area contributed by atoms with E-state index in [1.807, 2.05) is 0 Å². The Hall–Kier alpha value is -0.610. The van der Waals surface area contributed by atoms with Crippen LogP contribution in [0.5, 0.6) is 0 Å². The van der Waals surface area contributed by atoms with Gasteiger partial charge in [-0.05, 0) is 7.02 Å². The number of methoxy groups -OCH3 is 1. The van der Waals surface area contributed by atoms with E-state index in [4.69, 9.17) is 8.48 Å². The summed E-state index contributed by atoms with van der Waals surface area (Å²) in [4.78, 5) is 10.5. The van der Waals surface area contributed by atoms with Crippen LogP contribution in [0.15, 0.2) is 0 Å². The van der Waals surface area contributed by atoms with Gasteiger partial charge < -0.3 is 15.8 Å². The Morgan fingerprint density at radius 2 is 2.89 bits per heavy atom. The van der Waals surface area contributed by atoms with Crippen molar-refractivity contribution in [2.45, 2.75) is 6.04 Å². The highest BCUT2D eigenvalue weighted by Crippen LogP contribution is 1.79. The molecular weight excluding hydrogens is 120 g/mol. The van der Waals surface area contributed by atoms with E-state index in [1.54, 1.807) is 0 Å². The number of nitrogens with two attached hydrogens (primary N) is 1. The second-order valence-electron chi connectivity index (χ2n) is 1.53. The number of hydrogen-bond donors (Lipinski definition) is 2. The molecule has 0 aliphatic carbocycles. The Morgan fingerprint density at radius 1 is 2.11 bits per heavy atom. The summed E-state index contributed by atoms with van der Waals surface area (Å²) in [6, 6.07) is -0.655. The summed E-state index contributed by atoms with van der Waals surface area (Å²) in [7, 11) is -0.293. The molecule has 1 amide bonds. The summed E-state index contributed by atoms with van der Waals surface area (Å²) in [5.41, 5.74) is 4.94. The van der Waals surface area contributed by atoms with Crippen LogP contribution in [0.4, 0.5) is 0 Å². The van der Waals surface area contributed by atoms with Gasteiger partial charge in [0.1, 0.15) is 6.04 Å². The maximum absolute atomic E-state index is 10.5. The number of carbonyl (C=O) groups is 1. The summed E-state index contributed by atoms with van der Waals surface area (Å²) >= 11 is 0. The third kappa shape index (κ3) is 3.05. The number of carbonyl (C=O) groups excluding carboxylic acids is 1. The molecule has 0 bridgehead atoms. The minimum Gasteiger partial charge on any atom is -0.383 e. The van der Waals surface area contributed by atoms with Crippen molar-refractivity contribution in [1.29, 1.82) is 0 Å². The first-order valence-electron chi connectivity index (χ1n) is 3.82. The second kappa shape index (κ2) is 4.29. The van der Waals surface area contributed by atoms with Crippen molar-refractivity contribution in [3.63, 3.8) is 0 Å². The van der Waals surface area contributed by atoms with Gasteiger partial charge in [-0.25, -0.2) is 0 Å². The van der Waals surface area contributed by atoms with Crippen LogP contribution in [0.1, 0.15) is 2.74 Å². The van der Waals surface area contributed by atoms with Crippen LogP contribution in [0.3, 0.4) is 0 Å². The van der Waals surface area contributed by atoms with Crippen LogP contribution in [0, 0.1) is 0 Å². The number of hydrogen-bond acceptors (Lipinski definition) is 3. The molecule has 0 aliphatic heterocycles. The molecule has 4 heteroatoms. The molecule has 54 valence electrons. The smallest absolute Gasteiger partial charge is 0.236 e. The highest BCUT2D eigenvalue weighted by molar-refractivity contribution is 5.79. The second-order valence-corrected chi connectivity index (χ2v) is 1.53. The van der Waals surface area contributed by atoms with E-state index >= 15 is 0 Å². The van der Waals surface area contributed by atoms with E-state index in [0.29, 0.717) is 0 Å². The predicted molar refractivity (Wildman–Crippen MR) is 33.9 cm³/mol. The molecule has 0 fully saturated rings. The van der Waals surface area contributed by atoms with E-state index < -0.39 is 11.9 Å². The molecule has 4 nitrogen and oxygen atoms in total. The van der Waals surface area contributed by atoms with Gasteiger partial charge in [-0.1, -0.05) is 0 Å². The van der Waals surface area contributed by atoms with E-state index in [1.165, 1.54) is 0 Å². The van der Waals surface area contributed by atoms with E-state index in [-0.39, 0.29) is 20.7 Å². The van der Waals surface area contributed by atoms with Crippen molar-refractivity contribution in [3.05, 3.63) is 0 Å². The summed E-state index contributed by atoms with van der Waals surface area (Å²) in [6.45, 7) is 0.0533. The summed E-state index contributed by atoms with van der Waals surface area (Å²) < 4.78 is 18.0. The van der Waals surface area contributed by atoms with Gasteiger partial charge in [0.25, 0.3) is 0 Å². The molecule has 0 rings (SSSR count). The lowest BCUT2D eigenvalue weighted by atomic mass is 10.3. The molecular formula is C5H12N2O2. The molecule has 0 radical (unpaired) electrons. The molecule has 0 aromatic heterocycles. The average molecular weight is 134 g/mol. The zero-order valence-electron chi connectivity index (χ0n) is 7.09. The Morgan fingerprint density at radius 3 is 3.33 bits per heavy atom. The van der Waals surface area contributed by atoms with Crippen molar-refractivity contribution < 1.29 is 12.3 Å². The molecule has 1 atom stereocenters. The maximum atomic E-state index is 10.5. The van der Waals surface area contributed by atoms with Crippen molar-refractivity contribution >= 4 is 5.91 Å². The Balaban J connectivity index is 3.60. The van der Waals surface area contributed by atoms with Crippen LogP contribution >= 0.6 is 0 Å². The van der Waals surface area contributed by atoms with Gasteiger partial charge in [0.05, 0.1) is 7.98 Å². The van der Waals surface area contributed by atoms with Crippen molar-refractivity contribution in [2.24, 2.45) is 5.73 Å². The normalized spacial score (nSPS) is 16.0. The maximum Gasteiger partial charge on any atom is 0.236 e. The van der Waals surface area contributed by atoms with E-state index in [0.717, 1.165) is 0 Å². The number of amides is 1. The minimum absolute atomic E-state index is 0.0533. The van der Waals surface area contributed by atoms with E-state index in [9.17, 15) is 4.79 Å². The fourth-order valence-electron chi connectivity index (χ4n) is 0.360. The van der Waals surface area contributed by atoms with E-state index in [2.05, 4.69) is 10.1 Å². The molecule has 0 spiro atoms. The molecule has 3 N–H and O–H groups in total. The third-order valence-corrected chi connectivity index (χ3v) is 0.874. The fourth-order valence-corrected chi connectivity index (χ4v) is 0.360. The number of nitrogens with one attached hydrogen (secondary N) is 1. The van der Waals surface area contributed by atoms with Gasteiger partial charge in [-0.2, -0.15) is 0 Å². The fraction of sp³-hybridized carbons (Fsp3) is 0.800. The minimum atomic E-state index is -0.655. The lowest BCUT2D eigenvalue weighted by molar-refractivity contribution is -0.121. The van der Waals surface area contributed by atoms with Crippen LogP contribution < -0.4 is 11.1 Å². The monoisotopic (exact) mass is 134 g/mol. The Kier molecular flexibility index (Phi) is 2.48. The summed E-state index contributed by atoms with van der Waals surface area (Å²) in [5.74, 6) is -0.564. The first-order chi connectivity index (χ1) is 5.22. The van der Waals surface area contributed by atoms with Crippen molar-refractivity contribution in [3.8, 4) is 0 Å². The standard InChI is InChI=1S/C5H12N2O2/c1-7-4(3-9-2)5(6)8/h4,7H,3H2,1-2H3,(H2,6,8)/t4-/m0/s1/i1D,2D. The molecule has 0 unspecified atom stereocenters. The third-order valence-electron chi connectivity index (χ3n) is 0.874. The van der Waals surface area contributed by atoms with Crippen molar-refractivity contribution in [2.75, 3.05) is 20.7 Å². The molecule has 0 aliphatic rings. The number of rotatable bonds is 4. The number of ether oxygens (including phenoxy) is 1. The van der Waals surface area contributed by atoms with Crippen LogP contribution in [-0.4, -0.2) is 32.7 Å². The van der Waals surface area contributed by atoms with Gasteiger partial charge in [-0.15, -0.1) is 0 Å². The van der Waals surface area contributed by atoms with Gasteiger partial charge in [0, 0.05) is 8.46 Å². The molecule has 0 saturated heterocycles. The summed E-state index contributed by atoms with van der Waals surface area (Å²) in [5, 5.41) is 2.50.